The molecule has 78 valence electrons. The zero-order valence-electron chi connectivity index (χ0n) is 9.42. The van der Waals surface area contributed by atoms with Gasteiger partial charge in [-0.1, -0.05) is 30.4 Å². The molecular weight excluding hydrogens is 170 g/mol. The van der Waals surface area contributed by atoms with E-state index in [-0.39, 0.29) is 0 Å². The zero-order chi connectivity index (χ0) is 10.6. The minimum atomic E-state index is 0.602. The standard InChI is InChI=1S/C13H21N/c1-10(2)8-12-6-5-7-13(14-12)9-11(3)4/h5-6,12-14H,1,3,7-9H2,2,4H3/p+1/t12-,13-/m0/s1. The first-order valence-electron chi connectivity index (χ1n) is 5.38. The van der Waals surface area contributed by atoms with Crippen molar-refractivity contribution in [2.24, 2.45) is 0 Å². The van der Waals surface area contributed by atoms with Gasteiger partial charge in [0.1, 0.15) is 6.04 Å². The molecule has 0 saturated carbocycles. The lowest BCUT2D eigenvalue weighted by atomic mass is 9.97. The van der Waals surface area contributed by atoms with Crippen molar-refractivity contribution < 1.29 is 5.32 Å². The van der Waals surface area contributed by atoms with Crippen molar-refractivity contribution in [3.63, 3.8) is 0 Å². The lowest BCUT2D eigenvalue weighted by molar-refractivity contribution is -0.713. The maximum absolute atomic E-state index is 3.97. The summed E-state index contributed by atoms with van der Waals surface area (Å²) in [5.74, 6) is 0. The molecule has 0 aromatic carbocycles. The summed E-state index contributed by atoms with van der Waals surface area (Å²) in [5.41, 5.74) is 2.56. The second-order valence-corrected chi connectivity index (χ2v) is 4.60. The predicted octanol–water partition coefficient (Wildman–Crippen LogP) is 2.18. The van der Waals surface area contributed by atoms with Gasteiger partial charge in [-0.05, 0) is 19.9 Å². The number of hydrogen-bond donors (Lipinski definition) is 1. The summed E-state index contributed by atoms with van der Waals surface area (Å²) in [7, 11) is 0. The van der Waals surface area contributed by atoms with Crippen molar-refractivity contribution >= 4 is 0 Å². The van der Waals surface area contributed by atoms with Crippen LogP contribution in [0.15, 0.2) is 36.5 Å². The Morgan fingerprint density at radius 1 is 1.29 bits per heavy atom. The Morgan fingerprint density at radius 3 is 2.50 bits per heavy atom. The molecule has 0 amide bonds. The van der Waals surface area contributed by atoms with Crippen LogP contribution in [0, 0.1) is 0 Å². The molecule has 1 heterocycles. The maximum Gasteiger partial charge on any atom is 0.108 e. The number of rotatable bonds is 4. The minimum Gasteiger partial charge on any atom is -0.337 e. The van der Waals surface area contributed by atoms with Gasteiger partial charge in [-0.15, -0.1) is 0 Å². The molecule has 0 saturated heterocycles. The van der Waals surface area contributed by atoms with E-state index in [4.69, 9.17) is 0 Å². The summed E-state index contributed by atoms with van der Waals surface area (Å²) < 4.78 is 0. The molecule has 1 heteroatoms. The zero-order valence-corrected chi connectivity index (χ0v) is 9.42. The first-order chi connectivity index (χ1) is 6.58. The van der Waals surface area contributed by atoms with E-state index in [0.717, 1.165) is 12.8 Å². The van der Waals surface area contributed by atoms with Crippen molar-refractivity contribution in [3.8, 4) is 0 Å². The van der Waals surface area contributed by atoms with E-state index in [9.17, 15) is 0 Å². The Hall–Kier alpha value is -0.820. The van der Waals surface area contributed by atoms with Crippen LogP contribution in [-0.2, 0) is 0 Å². The summed E-state index contributed by atoms with van der Waals surface area (Å²) in [6.45, 7) is 12.1. The van der Waals surface area contributed by atoms with Crippen LogP contribution in [0.1, 0.15) is 33.1 Å². The normalized spacial score (nSPS) is 26.1. The number of nitrogens with two attached hydrogens (primary N) is 1. The molecule has 0 spiro atoms. The van der Waals surface area contributed by atoms with Crippen LogP contribution in [0.2, 0.25) is 0 Å². The molecule has 1 nitrogen and oxygen atoms in total. The Labute approximate surface area is 87.6 Å². The number of quaternary nitrogens is 1. The Balaban J connectivity index is 2.43. The molecular formula is C13H22N+. The van der Waals surface area contributed by atoms with E-state index in [1.165, 1.54) is 17.6 Å². The van der Waals surface area contributed by atoms with Crippen LogP contribution >= 0.6 is 0 Å². The monoisotopic (exact) mass is 192 g/mol. The largest absolute Gasteiger partial charge is 0.337 e. The Bertz CT molecular complexity index is 250. The fourth-order valence-corrected chi connectivity index (χ4v) is 2.06. The second-order valence-electron chi connectivity index (χ2n) is 4.60. The molecule has 2 atom stereocenters. The van der Waals surface area contributed by atoms with Crippen molar-refractivity contribution in [2.45, 2.75) is 45.2 Å². The van der Waals surface area contributed by atoms with Gasteiger partial charge < -0.3 is 5.32 Å². The highest BCUT2D eigenvalue weighted by molar-refractivity contribution is 5.02. The summed E-state index contributed by atoms with van der Waals surface area (Å²) in [4.78, 5) is 0. The fourth-order valence-electron chi connectivity index (χ4n) is 2.06. The molecule has 0 radical (unpaired) electrons. The van der Waals surface area contributed by atoms with Gasteiger partial charge in [0.05, 0.1) is 6.04 Å². The van der Waals surface area contributed by atoms with Crippen molar-refractivity contribution in [1.29, 1.82) is 0 Å². The lowest BCUT2D eigenvalue weighted by Gasteiger charge is -2.23. The highest BCUT2D eigenvalue weighted by atomic mass is 14.9. The van der Waals surface area contributed by atoms with E-state index in [2.05, 4.69) is 44.5 Å². The van der Waals surface area contributed by atoms with Gasteiger partial charge in [0.2, 0.25) is 0 Å². The fraction of sp³-hybridized carbons (Fsp3) is 0.538. The van der Waals surface area contributed by atoms with E-state index in [1.807, 2.05) is 0 Å². The van der Waals surface area contributed by atoms with Crippen LogP contribution in [0.25, 0.3) is 0 Å². The third-order valence-electron chi connectivity index (χ3n) is 2.54. The molecule has 1 aliphatic heterocycles. The number of hydrogen-bond acceptors (Lipinski definition) is 0. The van der Waals surface area contributed by atoms with Crippen LogP contribution in [0.3, 0.4) is 0 Å². The lowest BCUT2D eigenvalue weighted by Crippen LogP contribution is -2.95. The molecule has 1 rings (SSSR count). The Kier molecular flexibility index (Phi) is 4.15. The van der Waals surface area contributed by atoms with E-state index in [0.29, 0.717) is 12.1 Å². The van der Waals surface area contributed by atoms with Gasteiger partial charge in [-0.2, -0.15) is 0 Å². The SMILES string of the molecule is C=C(C)C[C@@H]1CC=C[C@@H](CC(=C)C)[NH2+]1. The Morgan fingerprint density at radius 2 is 1.93 bits per heavy atom. The second kappa shape index (κ2) is 5.16. The van der Waals surface area contributed by atoms with Gasteiger partial charge in [0.25, 0.3) is 0 Å². The van der Waals surface area contributed by atoms with Gasteiger partial charge >= 0.3 is 0 Å². The highest BCUT2D eigenvalue weighted by Gasteiger charge is 2.20. The average molecular weight is 192 g/mol. The van der Waals surface area contributed by atoms with E-state index < -0.39 is 0 Å². The van der Waals surface area contributed by atoms with E-state index >= 15 is 0 Å². The van der Waals surface area contributed by atoms with Crippen molar-refractivity contribution in [1.82, 2.24) is 0 Å². The molecule has 0 unspecified atom stereocenters. The first-order valence-corrected chi connectivity index (χ1v) is 5.38. The summed E-state index contributed by atoms with van der Waals surface area (Å²) in [6, 6.07) is 1.30. The van der Waals surface area contributed by atoms with Gasteiger partial charge in [-0.25, -0.2) is 0 Å². The molecule has 2 N–H and O–H groups in total. The highest BCUT2D eigenvalue weighted by Crippen LogP contribution is 2.09. The molecule has 0 bridgehead atoms. The maximum atomic E-state index is 3.97. The van der Waals surface area contributed by atoms with Crippen LogP contribution in [0.4, 0.5) is 0 Å². The smallest absolute Gasteiger partial charge is 0.108 e. The van der Waals surface area contributed by atoms with Crippen LogP contribution in [0.5, 0.6) is 0 Å². The third kappa shape index (κ3) is 3.93. The first kappa shape index (κ1) is 11.3. The summed E-state index contributed by atoms with van der Waals surface area (Å²) >= 11 is 0. The quantitative estimate of drug-likeness (QED) is 0.658. The van der Waals surface area contributed by atoms with Crippen LogP contribution < -0.4 is 5.32 Å². The topological polar surface area (TPSA) is 16.6 Å². The van der Waals surface area contributed by atoms with Crippen LogP contribution in [-0.4, -0.2) is 12.1 Å². The predicted molar refractivity (Wildman–Crippen MR) is 62.1 cm³/mol. The molecule has 0 aromatic heterocycles. The molecule has 14 heavy (non-hydrogen) atoms. The van der Waals surface area contributed by atoms with Gasteiger partial charge in [-0.3, -0.25) is 0 Å². The average Bonchev–Trinajstić information content (AvgIpc) is 2.01. The summed E-state index contributed by atoms with van der Waals surface area (Å²) in [6.07, 6.45) is 8.03. The van der Waals surface area contributed by atoms with Crippen molar-refractivity contribution in [3.05, 3.63) is 36.5 Å². The summed E-state index contributed by atoms with van der Waals surface area (Å²) in [5, 5.41) is 2.46. The van der Waals surface area contributed by atoms with Gasteiger partial charge in [0, 0.05) is 19.3 Å². The molecule has 1 aliphatic rings. The van der Waals surface area contributed by atoms with E-state index in [1.54, 1.807) is 0 Å². The molecule has 0 fully saturated rings. The molecule has 0 aromatic rings. The molecule has 0 aliphatic carbocycles. The van der Waals surface area contributed by atoms with Gasteiger partial charge in [0.15, 0.2) is 0 Å². The van der Waals surface area contributed by atoms with Crippen molar-refractivity contribution in [2.75, 3.05) is 0 Å². The minimum absolute atomic E-state index is 0.602. The third-order valence-corrected chi connectivity index (χ3v) is 2.54.